The molecule has 0 aliphatic carbocycles. The van der Waals surface area contributed by atoms with Crippen molar-refractivity contribution in [3.63, 3.8) is 0 Å². The fraction of sp³-hybridized carbons (Fsp3) is 0.611. The quantitative estimate of drug-likeness (QED) is 0.637. The summed E-state index contributed by atoms with van der Waals surface area (Å²) in [4.78, 5) is 2.59. The van der Waals surface area contributed by atoms with Gasteiger partial charge in [-0.1, -0.05) is 30.5 Å². The largest absolute Gasteiger partial charge is 0.362 e. The van der Waals surface area contributed by atoms with Crippen LogP contribution in [0.1, 0.15) is 43.2 Å². The van der Waals surface area contributed by atoms with Gasteiger partial charge in [0.2, 0.25) is 0 Å². The Balaban J connectivity index is 1.65. The third-order valence-electron chi connectivity index (χ3n) is 4.27. The molecule has 0 aromatic heterocycles. The van der Waals surface area contributed by atoms with Crippen molar-refractivity contribution in [2.45, 2.75) is 46.0 Å². The average molecular weight is 320 g/mol. The number of anilines is 1. The van der Waals surface area contributed by atoms with Gasteiger partial charge < -0.3 is 15.5 Å². The summed E-state index contributed by atoms with van der Waals surface area (Å²) >= 11 is 5.38. The maximum absolute atomic E-state index is 5.38. The number of likely N-dealkylation sites (tertiary alicyclic amines) is 1. The van der Waals surface area contributed by atoms with Crippen molar-refractivity contribution in [3.05, 3.63) is 29.3 Å². The Morgan fingerprint density at radius 1 is 1.14 bits per heavy atom. The Morgan fingerprint density at radius 2 is 1.86 bits per heavy atom. The van der Waals surface area contributed by atoms with E-state index in [1.165, 1.54) is 56.4 Å². The van der Waals surface area contributed by atoms with Gasteiger partial charge in [-0.3, -0.25) is 0 Å². The van der Waals surface area contributed by atoms with Gasteiger partial charge in [-0.2, -0.15) is 0 Å². The van der Waals surface area contributed by atoms with E-state index in [9.17, 15) is 0 Å². The van der Waals surface area contributed by atoms with Crippen LogP contribution < -0.4 is 10.6 Å². The molecule has 2 rings (SSSR count). The maximum Gasteiger partial charge on any atom is 0.170 e. The summed E-state index contributed by atoms with van der Waals surface area (Å²) in [5.74, 6) is 0. The summed E-state index contributed by atoms with van der Waals surface area (Å²) in [7, 11) is 0. The molecule has 0 amide bonds. The fourth-order valence-corrected chi connectivity index (χ4v) is 3.20. The molecule has 1 aliphatic heterocycles. The van der Waals surface area contributed by atoms with Crippen LogP contribution in [-0.2, 0) is 0 Å². The smallest absolute Gasteiger partial charge is 0.170 e. The first-order valence-corrected chi connectivity index (χ1v) is 8.90. The van der Waals surface area contributed by atoms with Gasteiger partial charge in [0.05, 0.1) is 0 Å². The van der Waals surface area contributed by atoms with Crippen LogP contribution in [-0.4, -0.2) is 36.2 Å². The van der Waals surface area contributed by atoms with Gasteiger partial charge in [0.25, 0.3) is 0 Å². The summed E-state index contributed by atoms with van der Waals surface area (Å²) in [6, 6.07) is 6.37. The lowest BCUT2D eigenvalue weighted by Crippen LogP contribution is -2.32. The molecule has 0 saturated carbocycles. The lowest BCUT2D eigenvalue weighted by atomic mass is 10.1. The van der Waals surface area contributed by atoms with Crippen molar-refractivity contribution in [1.82, 2.24) is 10.2 Å². The third-order valence-corrected chi connectivity index (χ3v) is 4.51. The zero-order chi connectivity index (χ0) is 15.8. The van der Waals surface area contributed by atoms with Gasteiger partial charge in [-0.15, -0.1) is 0 Å². The van der Waals surface area contributed by atoms with Crippen molar-refractivity contribution in [1.29, 1.82) is 0 Å². The van der Waals surface area contributed by atoms with Crippen molar-refractivity contribution < 1.29 is 0 Å². The highest BCUT2D eigenvalue weighted by molar-refractivity contribution is 7.80. The van der Waals surface area contributed by atoms with E-state index >= 15 is 0 Å². The van der Waals surface area contributed by atoms with Crippen LogP contribution in [0.3, 0.4) is 0 Å². The molecule has 1 saturated heterocycles. The Hall–Kier alpha value is -1.13. The topological polar surface area (TPSA) is 27.3 Å². The van der Waals surface area contributed by atoms with Crippen molar-refractivity contribution >= 4 is 23.0 Å². The second-order valence-electron chi connectivity index (χ2n) is 6.31. The fourth-order valence-electron chi connectivity index (χ4n) is 2.98. The van der Waals surface area contributed by atoms with Crippen molar-refractivity contribution in [2.24, 2.45) is 0 Å². The molecule has 0 radical (unpaired) electrons. The van der Waals surface area contributed by atoms with Gasteiger partial charge in [0.15, 0.2) is 5.11 Å². The monoisotopic (exact) mass is 319 g/mol. The number of nitrogens with zero attached hydrogens (tertiary/aromatic N) is 1. The number of nitrogens with one attached hydrogen (secondary N) is 2. The van der Waals surface area contributed by atoms with E-state index in [-0.39, 0.29) is 0 Å². The van der Waals surface area contributed by atoms with Crippen LogP contribution in [0, 0.1) is 13.8 Å². The molecule has 1 aromatic rings. The molecule has 1 aliphatic rings. The van der Waals surface area contributed by atoms with Gasteiger partial charge in [0, 0.05) is 12.2 Å². The van der Waals surface area contributed by atoms with E-state index in [1.807, 2.05) is 0 Å². The van der Waals surface area contributed by atoms with E-state index in [0.29, 0.717) is 0 Å². The molecule has 1 heterocycles. The number of benzene rings is 1. The van der Waals surface area contributed by atoms with Crippen molar-refractivity contribution in [2.75, 3.05) is 31.5 Å². The summed E-state index contributed by atoms with van der Waals surface area (Å²) in [5.41, 5.74) is 3.60. The molecule has 22 heavy (non-hydrogen) atoms. The van der Waals surface area contributed by atoms with Crippen LogP contribution in [0.5, 0.6) is 0 Å². The lowest BCUT2D eigenvalue weighted by molar-refractivity contribution is 0.282. The highest BCUT2D eigenvalue weighted by Gasteiger charge is 2.08. The molecule has 122 valence electrons. The second kappa shape index (κ2) is 9.11. The first-order chi connectivity index (χ1) is 10.6. The predicted octanol–water partition coefficient (Wildman–Crippen LogP) is 3.86. The number of rotatable bonds is 5. The van der Waals surface area contributed by atoms with E-state index in [2.05, 4.69) is 47.6 Å². The van der Waals surface area contributed by atoms with Crippen molar-refractivity contribution in [3.8, 4) is 0 Å². The first kappa shape index (κ1) is 17.2. The number of aryl methyl sites for hydroxylation is 2. The van der Waals surface area contributed by atoms with Crippen LogP contribution in [0.2, 0.25) is 0 Å². The van der Waals surface area contributed by atoms with Gasteiger partial charge in [-0.05, 0) is 76.6 Å². The minimum absolute atomic E-state index is 0.725. The molecule has 0 spiro atoms. The molecule has 1 fully saturated rings. The summed E-state index contributed by atoms with van der Waals surface area (Å²) in [6.07, 6.45) is 6.67. The van der Waals surface area contributed by atoms with Gasteiger partial charge >= 0.3 is 0 Å². The Labute approximate surface area is 140 Å². The van der Waals surface area contributed by atoms with E-state index < -0.39 is 0 Å². The minimum Gasteiger partial charge on any atom is -0.362 e. The third kappa shape index (κ3) is 5.93. The van der Waals surface area contributed by atoms with Crippen LogP contribution in [0.4, 0.5) is 5.69 Å². The molecule has 1 aromatic carbocycles. The van der Waals surface area contributed by atoms with E-state index in [1.54, 1.807) is 0 Å². The maximum atomic E-state index is 5.38. The molecular weight excluding hydrogens is 290 g/mol. The number of hydrogen-bond donors (Lipinski definition) is 2. The Bertz CT molecular complexity index is 479. The summed E-state index contributed by atoms with van der Waals surface area (Å²) in [5, 5.41) is 7.34. The van der Waals surface area contributed by atoms with Crippen LogP contribution in [0.15, 0.2) is 18.2 Å². The first-order valence-electron chi connectivity index (χ1n) is 8.49. The molecule has 0 atom stereocenters. The average Bonchev–Trinajstić information content (AvgIpc) is 2.75. The zero-order valence-electron chi connectivity index (χ0n) is 14.0. The minimum atomic E-state index is 0.725. The summed E-state index contributed by atoms with van der Waals surface area (Å²) in [6.45, 7) is 8.87. The molecule has 0 bridgehead atoms. The lowest BCUT2D eigenvalue weighted by Gasteiger charge is -2.20. The highest BCUT2D eigenvalue weighted by atomic mass is 32.1. The molecular formula is C18H29N3S. The number of hydrogen-bond acceptors (Lipinski definition) is 2. The SMILES string of the molecule is Cc1ccc(NC(=S)NCCCN2CCCCCC2)c(C)c1. The van der Waals surface area contributed by atoms with Crippen LogP contribution >= 0.6 is 12.2 Å². The van der Waals surface area contributed by atoms with Gasteiger partial charge in [0.1, 0.15) is 0 Å². The second-order valence-corrected chi connectivity index (χ2v) is 6.72. The molecule has 3 nitrogen and oxygen atoms in total. The van der Waals surface area contributed by atoms with E-state index in [0.717, 1.165) is 23.8 Å². The molecule has 0 unspecified atom stereocenters. The standard InChI is InChI=1S/C18H29N3S/c1-15-8-9-17(16(2)14-15)20-18(22)19-10-7-13-21-11-5-3-4-6-12-21/h8-9,14H,3-7,10-13H2,1-2H3,(H2,19,20,22). The Kier molecular flexibility index (Phi) is 7.13. The highest BCUT2D eigenvalue weighted by Crippen LogP contribution is 2.15. The summed E-state index contributed by atoms with van der Waals surface area (Å²) < 4.78 is 0. The zero-order valence-corrected chi connectivity index (χ0v) is 14.8. The van der Waals surface area contributed by atoms with E-state index in [4.69, 9.17) is 12.2 Å². The normalized spacial score (nSPS) is 16.1. The molecule has 4 heteroatoms. The predicted molar refractivity (Wildman–Crippen MR) is 99.7 cm³/mol. The number of thiocarbonyl (C=S) groups is 1. The van der Waals surface area contributed by atoms with Crippen LogP contribution in [0.25, 0.3) is 0 Å². The van der Waals surface area contributed by atoms with Gasteiger partial charge in [-0.25, -0.2) is 0 Å². The Morgan fingerprint density at radius 3 is 2.55 bits per heavy atom. The molecule has 2 N–H and O–H groups in total.